The molecule has 0 aromatic heterocycles. The van der Waals surface area contributed by atoms with Gasteiger partial charge in [0, 0.05) is 19.0 Å². The van der Waals surface area contributed by atoms with E-state index in [2.05, 4.69) is 41.7 Å². The maximum Gasteiger partial charge on any atom is 0.282 e. The predicted molar refractivity (Wildman–Crippen MR) is 124 cm³/mol. The molecule has 0 saturated carbocycles. The average Bonchev–Trinajstić information content (AvgIpc) is 3.30. The number of rotatable bonds is 6. The number of hydrogen-bond acceptors (Lipinski definition) is 6. The van der Waals surface area contributed by atoms with E-state index in [0.717, 1.165) is 35.5 Å². The van der Waals surface area contributed by atoms with Crippen LogP contribution in [0.5, 0.6) is 0 Å². The zero-order valence-corrected chi connectivity index (χ0v) is 17.4. The molecule has 1 aliphatic rings. The van der Waals surface area contributed by atoms with Crippen LogP contribution >= 0.6 is 0 Å². The van der Waals surface area contributed by atoms with Crippen LogP contribution in [0, 0.1) is 17.0 Å². The average molecular weight is 427 g/mol. The fourth-order valence-electron chi connectivity index (χ4n) is 3.38. The summed E-state index contributed by atoms with van der Waals surface area (Å²) >= 11 is 0. The molecule has 0 bridgehead atoms. The summed E-state index contributed by atoms with van der Waals surface area (Å²) in [6.07, 6.45) is 2.37. The molecular weight excluding hydrogens is 406 g/mol. The van der Waals surface area contributed by atoms with E-state index in [4.69, 9.17) is 5.10 Å². The number of benzene rings is 3. The molecule has 8 heteroatoms. The van der Waals surface area contributed by atoms with Crippen LogP contribution in [0.4, 0.5) is 11.4 Å². The van der Waals surface area contributed by atoms with Crippen LogP contribution in [0.3, 0.4) is 0 Å². The number of carbonyl (C=O) groups excluding carboxylic acids is 1. The van der Waals surface area contributed by atoms with Crippen molar-refractivity contribution in [1.82, 2.24) is 5.43 Å². The number of hydrazone groups is 2. The molecule has 1 N–H and O–H groups in total. The summed E-state index contributed by atoms with van der Waals surface area (Å²) < 4.78 is 0. The van der Waals surface area contributed by atoms with Crippen LogP contribution in [0.1, 0.15) is 33.5 Å². The lowest BCUT2D eigenvalue weighted by atomic mass is 10.1. The molecule has 0 fully saturated rings. The molecule has 1 heterocycles. The molecule has 0 unspecified atom stereocenters. The Balaban J connectivity index is 1.39. The molecule has 0 saturated heterocycles. The quantitative estimate of drug-likeness (QED) is 0.360. The maximum atomic E-state index is 12.2. The van der Waals surface area contributed by atoms with Gasteiger partial charge in [-0.3, -0.25) is 19.9 Å². The van der Waals surface area contributed by atoms with Gasteiger partial charge < -0.3 is 0 Å². The van der Waals surface area contributed by atoms with E-state index >= 15 is 0 Å². The normalized spacial score (nSPS) is 13.3. The first-order valence-corrected chi connectivity index (χ1v) is 10.1. The van der Waals surface area contributed by atoms with E-state index in [9.17, 15) is 14.9 Å². The van der Waals surface area contributed by atoms with Crippen molar-refractivity contribution in [2.24, 2.45) is 10.2 Å². The van der Waals surface area contributed by atoms with E-state index < -0.39 is 10.8 Å². The van der Waals surface area contributed by atoms with Gasteiger partial charge in [-0.05, 0) is 36.2 Å². The Morgan fingerprint density at radius 1 is 1.09 bits per heavy atom. The molecule has 4 rings (SSSR count). The Labute approximate surface area is 185 Å². The Morgan fingerprint density at radius 2 is 1.81 bits per heavy atom. The highest BCUT2D eigenvalue weighted by atomic mass is 16.6. The summed E-state index contributed by atoms with van der Waals surface area (Å²) in [5.74, 6) is -0.639. The fourth-order valence-corrected chi connectivity index (χ4v) is 3.38. The summed E-state index contributed by atoms with van der Waals surface area (Å²) in [6, 6.07) is 21.7. The van der Waals surface area contributed by atoms with Crippen LogP contribution in [0.2, 0.25) is 0 Å². The third-order valence-electron chi connectivity index (χ3n) is 5.10. The molecule has 32 heavy (non-hydrogen) atoms. The van der Waals surface area contributed by atoms with Crippen molar-refractivity contribution in [2.75, 3.05) is 11.6 Å². The van der Waals surface area contributed by atoms with E-state index in [0.29, 0.717) is 0 Å². The van der Waals surface area contributed by atoms with Crippen molar-refractivity contribution in [3.63, 3.8) is 0 Å². The Kier molecular flexibility index (Phi) is 6.03. The highest BCUT2D eigenvalue weighted by Crippen LogP contribution is 2.22. The second-order valence-corrected chi connectivity index (χ2v) is 7.35. The zero-order valence-electron chi connectivity index (χ0n) is 17.4. The molecule has 1 amide bonds. The molecule has 0 radical (unpaired) electrons. The van der Waals surface area contributed by atoms with Gasteiger partial charge in [0.2, 0.25) is 0 Å². The number of hydrogen-bond donors (Lipinski definition) is 1. The number of nitrogens with zero attached hydrogens (tertiary/aromatic N) is 4. The van der Waals surface area contributed by atoms with Crippen LogP contribution in [-0.2, 0) is 0 Å². The number of nitro groups is 1. The molecule has 1 aliphatic heterocycles. The van der Waals surface area contributed by atoms with E-state index in [1.54, 1.807) is 6.07 Å². The molecule has 3 aromatic rings. The van der Waals surface area contributed by atoms with E-state index in [-0.39, 0.29) is 11.3 Å². The number of anilines is 1. The van der Waals surface area contributed by atoms with Gasteiger partial charge in [0.1, 0.15) is 5.56 Å². The molecule has 8 nitrogen and oxygen atoms in total. The monoisotopic (exact) mass is 427 g/mol. The lowest BCUT2D eigenvalue weighted by Gasteiger charge is -2.13. The third kappa shape index (κ3) is 4.70. The van der Waals surface area contributed by atoms with Gasteiger partial charge in [-0.25, -0.2) is 5.43 Å². The van der Waals surface area contributed by atoms with Crippen molar-refractivity contribution in [3.05, 3.63) is 105 Å². The predicted octanol–water partition coefficient (Wildman–Crippen LogP) is 4.28. The SMILES string of the molecule is Cc1ccc(C2=NN(c3ccc(C=NNC(=O)c4ccccc4[N+](=O)[O-])cc3)CC2)cc1. The van der Waals surface area contributed by atoms with Crippen LogP contribution in [0.25, 0.3) is 0 Å². The highest BCUT2D eigenvalue weighted by molar-refractivity contribution is 6.02. The standard InChI is InChI=1S/C24H21N5O3/c1-17-6-10-19(11-7-17)22-14-15-28(27-22)20-12-8-18(9-13-20)16-25-26-24(30)21-4-2-3-5-23(21)29(31)32/h2-13,16H,14-15H2,1H3,(H,26,30). The Hall–Kier alpha value is -4.33. The number of aryl methyl sites for hydroxylation is 1. The Morgan fingerprint density at radius 3 is 2.53 bits per heavy atom. The van der Waals surface area contributed by atoms with Gasteiger partial charge in [0.25, 0.3) is 11.6 Å². The minimum atomic E-state index is -0.639. The molecule has 0 spiro atoms. The summed E-state index contributed by atoms with van der Waals surface area (Å²) in [4.78, 5) is 22.7. The number of nitrogens with one attached hydrogen (secondary N) is 1. The first-order chi connectivity index (χ1) is 15.5. The fraction of sp³-hybridized carbons (Fsp3) is 0.125. The molecule has 3 aromatic carbocycles. The number of para-hydroxylation sites is 1. The van der Waals surface area contributed by atoms with E-state index in [1.807, 2.05) is 29.3 Å². The van der Waals surface area contributed by atoms with Gasteiger partial charge in [-0.1, -0.05) is 54.1 Å². The highest BCUT2D eigenvalue weighted by Gasteiger charge is 2.19. The first-order valence-electron chi connectivity index (χ1n) is 10.1. The molecule has 160 valence electrons. The van der Waals surface area contributed by atoms with Crippen LogP contribution in [-0.4, -0.2) is 29.3 Å². The topological polar surface area (TPSA) is 100 Å². The largest absolute Gasteiger partial charge is 0.282 e. The minimum Gasteiger partial charge on any atom is -0.267 e. The second-order valence-electron chi connectivity index (χ2n) is 7.35. The van der Waals surface area contributed by atoms with Crippen LogP contribution < -0.4 is 10.4 Å². The third-order valence-corrected chi connectivity index (χ3v) is 5.10. The molecule has 0 aliphatic carbocycles. The second kappa shape index (κ2) is 9.22. The van der Waals surface area contributed by atoms with Crippen molar-refractivity contribution in [2.45, 2.75) is 13.3 Å². The molecular formula is C24H21N5O3. The van der Waals surface area contributed by atoms with Crippen molar-refractivity contribution in [1.29, 1.82) is 0 Å². The number of amides is 1. The summed E-state index contributed by atoms with van der Waals surface area (Å²) in [7, 11) is 0. The Bertz CT molecular complexity index is 1200. The lowest BCUT2D eigenvalue weighted by molar-refractivity contribution is -0.385. The van der Waals surface area contributed by atoms with Gasteiger partial charge >= 0.3 is 0 Å². The van der Waals surface area contributed by atoms with Gasteiger partial charge in [-0.15, -0.1) is 0 Å². The number of carbonyl (C=O) groups is 1. The van der Waals surface area contributed by atoms with Crippen molar-refractivity contribution >= 4 is 29.2 Å². The van der Waals surface area contributed by atoms with Gasteiger partial charge in [0.15, 0.2) is 0 Å². The van der Waals surface area contributed by atoms with Gasteiger partial charge in [0.05, 0.1) is 22.5 Å². The smallest absolute Gasteiger partial charge is 0.267 e. The van der Waals surface area contributed by atoms with Crippen LogP contribution in [0.15, 0.2) is 83.0 Å². The van der Waals surface area contributed by atoms with Crippen molar-refractivity contribution < 1.29 is 9.72 Å². The lowest BCUT2D eigenvalue weighted by Crippen LogP contribution is -2.19. The summed E-state index contributed by atoms with van der Waals surface area (Å²) in [6.45, 7) is 2.87. The van der Waals surface area contributed by atoms with E-state index in [1.165, 1.54) is 30.0 Å². The molecule has 0 atom stereocenters. The first kappa shape index (κ1) is 20.9. The van der Waals surface area contributed by atoms with Crippen molar-refractivity contribution in [3.8, 4) is 0 Å². The number of nitro benzene ring substituents is 1. The van der Waals surface area contributed by atoms with Gasteiger partial charge in [-0.2, -0.15) is 10.2 Å². The summed E-state index contributed by atoms with van der Waals surface area (Å²) in [5.41, 5.74) is 7.19. The maximum absolute atomic E-state index is 12.2. The summed E-state index contributed by atoms with van der Waals surface area (Å²) in [5, 5.41) is 21.7. The minimum absolute atomic E-state index is 0.0405. The zero-order chi connectivity index (χ0) is 22.5.